The van der Waals surface area contributed by atoms with E-state index in [9.17, 15) is 0 Å². The molecule has 1 heterocycles. The second kappa shape index (κ2) is 6.67. The van der Waals surface area contributed by atoms with Gasteiger partial charge in [-0.05, 0) is 56.2 Å². The van der Waals surface area contributed by atoms with Crippen LogP contribution in [0, 0.1) is 0 Å². The lowest BCUT2D eigenvalue weighted by Crippen LogP contribution is -2.20. The first-order valence-electron chi connectivity index (χ1n) is 5.96. The van der Waals surface area contributed by atoms with E-state index >= 15 is 0 Å². The Hall–Kier alpha value is 0.01000. The summed E-state index contributed by atoms with van der Waals surface area (Å²) >= 11 is 5.46. The summed E-state index contributed by atoms with van der Waals surface area (Å²) in [6.07, 6.45) is 5.39. The molecule has 1 aromatic rings. The van der Waals surface area contributed by atoms with E-state index in [-0.39, 0.29) is 0 Å². The summed E-state index contributed by atoms with van der Waals surface area (Å²) in [6, 6.07) is 9.35. The predicted octanol–water partition coefficient (Wildman–Crippen LogP) is 4.07. The van der Waals surface area contributed by atoms with Crippen molar-refractivity contribution in [3.05, 3.63) is 28.7 Å². The molecule has 2 rings (SSSR count). The number of hydrogen-bond donors (Lipinski definition) is 1. The van der Waals surface area contributed by atoms with Crippen molar-refractivity contribution in [2.75, 3.05) is 12.3 Å². The molecule has 1 aromatic carbocycles. The topological polar surface area (TPSA) is 12.0 Å². The fourth-order valence-corrected chi connectivity index (χ4v) is 3.56. The van der Waals surface area contributed by atoms with Gasteiger partial charge >= 0.3 is 0 Å². The van der Waals surface area contributed by atoms with Gasteiger partial charge in [-0.1, -0.05) is 22.0 Å². The third kappa shape index (κ3) is 4.11. The van der Waals surface area contributed by atoms with Gasteiger partial charge in [-0.3, -0.25) is 0 Å². The molecule has 1 unspecified atom stereocenters. The van der Waals surface area contributed by atoms with Gasteiger partial charge in [-0.2, -0.15) is 0 Å². The summed E-state index contributed by atoms with van der Waals surface area (Å²) in [4.78, 5) is 1.37. The Bertz CT molecular complexity index is 323. The van der Waals surface area contributed by atoms with E-state index in [1.807, 2.05) is 11.8 Å². The quantitative estimate of drug-likeness (QED) is 0.650. The van der Waals surface area contributed by atoms with Crippen LogP contribution in [0.5, 0.6) is 0 Å². The van der Waals surface area contributed by atoms with Crippen molar-refractivity contribution in [3.8, 4) is 0 Å². The molecule has 3 heteroatoms. The average molecular weight is 300 g/mol. The minimum absolute atomic E-state index is 0.795. The van der Waals surface area contributed by atoms with E-state index in [4.69, 9.17) is 0 Å². The second-order valence-corrected chi connectivity index (χ2v) is 6.33. The summed E-state index contributed by atoms with van der Waals surface area (Å²) in [7, 11) is 0. The first-order valence-corrected chi connectivity index (χ1v) is 7.74. The molecule has 1 N–H and O–H groups in total. The molecule has 1 saturated heterocycles. The lowest BCUT2D eigenvalue weighted by molar-refractivity contribution is 0.553. The monoisotopic (exact) mass is 299 g/mol. The minimum atomic E-state index is 0.795. The molecule has 0 bridgehead atoms. The van der Waals surface area contributed by atoms with Crippen LogP contribution in [-0.4, -0.2) is 18.3 Å². The molecule has 0 saturated carbocycles. The number of halogens is 1. The molecule has 1 aliphatic rings. The highest BCUT2D eigenvalue weighted by Gasteiger charge is 2.12. The normalized spacial score (nSPS) is 20.2. The molecule has 1 aliphatic heterocycles. The largest absolute Gasteiger partial charge is 0.314 e. The molecule has 1 fully saturated rings. The Morgan fingerprint density at radius 1 is 1.44 bits per heavy atom. The van der Waals surface area contributed by atoms with E-state index < -0.39 is 0 Å². The van der Waals surface area contributed by atoms with Crippen LogP contribution < -0.4 is 5.32 Å². The Balaban J connectivity index is 1.64. The van der Waals surface area contributed by atoms with Crippen LogP contribution >= 0.6 is 27.7 Å². The van der Waals surface area contributed by atoms with Gasteiger partial charge in [0.15, 0.2) is 0 Å². The highest BCUT2D eigenvalue weighted by atomic mass is 79.9. The van der Waals surface area contributed by atoms with Crippen LogP contribution in [0.3, 0.4) is 0 Å². The molecule has 0 aromatic heterocycles. The van der Waals surface area contributed by atoms with E-state index in [1.54, 1.807) is 0 Å². The van der Waals surface area contributed by atoms with Crippen LogP contribution in [0.1, 0.15) is 25.7 Å². The van der Waals surface area contributed by atoms with E-state index in [0.717, 1.165) is 6.04 Å². The van der Waals surface area contributed by atoms with Gasteiger partial charge in [0.05, 0.1) is 0 Å². The highest BCUT2D eigenvalue weighted by Crippen LogP contribution is 2.23. The van der Waals surface area contributed by atoms with Gasteiger partial charge in [-0.25, -0.2) is 0 Å². The van der Waals surface area contributed by atoms with Crippen molar-refractivity contribution in [2.24, 2.45) is 0 Å². The zero-order chi connectivity index (χ0) is 11.2. The zero-order valence-electron chi connectivity index (χ0n) is 9.42. The van der Waals surface area contributed by atoms with Crippen molar-refractivity contribution in [3.63, 3.8) is 0 Å². The minimum Gasteiger partial charge on any atom is -0.314 e. The second-order valence-electron chi connectivity index (χ2n) is 4.24. The van der Waals surface area contributed by atoms with E-state index in [2.05, 4.69) is 45.5 Å². The van der Waals surface area contributed by atoms with Crippen LogP contribution in [0.2, 0.25) is 0 Å². The van der Waals surface area contributed by atoms with Crippen molar-refractivity contribution in [1.82, 2.24) is 5.32 Å². The Kier molecular flexibility index (Phi) is 5.20. The number of thioether (sulfide) groups is 1. The fourth-order valence-electron chi connectivity index (χ4n) is 2.08. The van der Waals surface area contributed by atoms with E-state index in [1.165, 1.54) is 47.3 Å². The lowest BCUT2D eigenvalue weighted by Gasteiger charge is -2.09. The summed E-state index contributed by atoms with van der Waals surface area (Å²) in [5.41, 5.74) is 0. The molecule has 88 valence electrons. The van der Waals surface area contributed by atoms with Gasteiger partial charge < -0.3 is 5.32 Å². The molecular formula is C13H18BrNS. The Morgan fingerprint density at radius 2 is 2.38 bits per heavy atom. The SMILES string of the molecule is Brc1cccc(SCCCC2CCCN2)c1. The van der Waals surface area contributed by atoms with Gasteiger partial charge in [0.25, 0.3) is 0 Å². The molecular weight excluding hydrogens is 282 g/mol. The highest BCUT2D eigenvalue weighted by molar-refractivity contribution is 9.10. The molecule has 0 radical (unpaired) electrons. The number of hydrogen-bond acceptors (Lipinski definition) is 2. The standard InChI is InChI=1S/C13H18BrNS/c14-11-4-1-7-13(10-11)16-9-3-6-12-5-2-8-15-12/h1,4,7,10,12,15H,2-3,5-6,8-9H2. The summed E-state index contributed by atoms with van der Waals surface area (Å²) in [5.74, 6) is 1.23. The van der Waals surface area contributed by atoms with Gasteiger partial charge in [-0.15, -0.1) is 11.8 Å². The Morgan fingerprint density at radius 3 is 3.12 bits per heavy atom. The maximum atomic E-state index is 3.55. The smallest absolute Gasteiger partial charge is 0.0186 e. The van der Waals surface area contributed by atoms with Crippen molar-refractivity contribution >= 4 is 27.7 Å². The van der Waals surface area contributed by atoms with Crippen molar-refractivity contribution in [1.29, 1.82) is 0 Å². The number of nitrogens with one attached hydrogen (secondary N) is 1. The first-order chi connectivity index (χ1) is 7.84. The number of rotatable bonds is 5. The van der Waals surface area contributed by atoms with Crippen LogP contribution in [0.4, 0.5) is 0 Å². The van der Waals surface area contributed by atoms with Crippen LogP contribution in [0.25, 0.3) is 0 Å². The molecule has 0 aliphatic carbocycles. The summed E-state index contributed by atoms with van der Waals surface area (Å²) < 4.78 is 1.18. The lowest BCUT2D eigenvalue weighted by atomic mass is 10.1. The maximum Gasteiger partial charge on any atom is 0.0186 e. The zero-order valence-corrected chi connectivity index (χ0v) is 11.8. The average Bonchev–Trinajstić information content (AvgIpc) is 2.77. The van der Waals surface area contributed by atoms with Gasteiger partial charge in [0, 0.05) is 15.4 Å². The third-order valence-electron chi connectivity index (χ3n) is 2.92. The van der Waals surface area contributed by atoms with Crippen molar-refractivity contribution in [2.45, 2.75) is 36.6 Å². The van der Waals surface area contributed by atoms with Crippen molar-refractivity contribution < 1.29 is 0 Å². The molecule has 0 spiro atoms. The van der Waals surface area contributed by atoms with Crippen LogP contribution in [0.15, 0.2) is 33.6 Å². The molecule has 16 heavy (non-hydrogen) atoms. The van der Waals surface area contributed by atoms with Crippen LogP contribution in [-0.2, 0) is 0 Å². The summed E-state index contributed by atoms with van der Waals surface area (Å²) in [5, 5.41) is 3.55. The number of benzene rings is 1. The predicted molar refractivity (Wildman–Crippen MR) is 75.1 cm³/mol. The molecule has 0 amide bonds. The Labute approximate surface area is 111 Å². The van der Waals surface area contributed by atoms with Gasteiger partial charge in [0.2, 0.25) is 0 Å². The molecule has 1 nitrogen and oxygen atoms in total. The van der Waals surface area contributed by atoms with E-state index in [0.29, 0.717) is 0 Å². The third-order valence-corrected chi connectivity index (χ3v) is 4.50. The first kappa shape index (κ1) is 12.5. The molecule has 1 atom stereocenters. The summed E-state index contributed by atoms with van der Waals surface area (Å²) in [6.45, 7) is 1.23. The van der Waals surface area contributed by atoms with Gasteiger partial charge in [0.1, 0.15) is 0 Å². The fraction of sp³-hybridized carbons (Fsp3) is 0.538. The maximum absolute atomic E-state index is 3.55.